The van der Waals surface area contributed by atoms with E-state index in [9.17, 15) is 9.18 Å². The molecule has 0 amide bonds. The van der Waals surface area contributed by atoms with E-state index in [0.717, 1.165) is 0 Å². The van der Waals surface area contributed by atoms with E-state index < -0.39 is 6.67 Å². The summed E-state index contributed by atoms with van der Waals surface area (Å²) in [6.07, 6.45) is 0.257. The molecule has 0 aromatic heterocycles. The van der Waals surface area contributed by atoms with Gasteiger partial charge in [0, 0.05) is 0 Å². The van der Waals surface area contributed by atoms with Crippen LogP contribution >= 0.6 is 0 Å². The van der Waals surface area contributed by atoms with Crippen LogP contribution in [0.4, 0.5) is 4.39 Å². The first-order valence-electron chi connectivity index (χ1n) is 11.1. The Labute approximate surface area is 190 Å². The zero-order chi connectivity index (χ0) is 23.4. The lowest BCUT2D eigenvalue weighted by atomic mass is 10.5. The number of esters is 1. The summed E-state index contributed by atoms with van der Waals surface area (Å²) in [5, 5.41) is 0. The molecule has 11 heteroatoms. The SMILES string of the molecule is CCOC(=O)CCOCCOCCOCCOCCOCCOCCOCCOCCF. The number of hydrogen-bond acceptors (Lipinski definition) is 10. The molecule has 0 bridgehead atoms. The quantitative estimate of drug-likeness (QED) is 0.127. The molecule has 32 heavy (non-hydrogen) atoms. The molecule has 0 aliphatic heterocycles. The van der Waals surface area contributed by atoms with Crippen LogP contribution in [0.15, 0.2) is 0 Å². The molecule has 0 heterocycles. The van der Waals surface area contributed by atoms with E-state index in [0.29, 0.717) is 106 Å². The fraction of sp³-hybridized carbons (Fsp3) is 0.952. The van der Waals surface area contributed by atoms with Crippen molar-refractivity contribution < 1.29 is 51.8 Å². The Morgan fingerprint density at radius 1 is 0.500 bits per heavy atom. The Kier molecular flexibility index (Phi) is 27.3. The molecule has 0 aliphatic carbocycles. The molecule has 0 unspecified atom stereocenters. The van der Waals surface area contributed by atoms with Gasteiger partial charge < -0.3 is 42.6 Å². The molecule has 0 N–H and O–H groups in total. The Balaban J connectivity index is 3.03. The smallest absolute Gasteiger partial charge is 0.308 e. The Hall–Kier alpha value is -0.920. The van der Waals surface area contributed by atoms with Crippen molar-refractivity contribution in [3.8, 4) is 0 Å². The molecule has 0 radical (unpaired) electrons. The lowest BCUT2D eigenvalue weighted by Gasteiger charge is -2.08. The van der Waals surface area contributed by atoms with Crippen LogP contribution in [0.25, 0.3) is 0 Å². The van der Waals surface area contributed by atoms with Crippen molar-refractivity contribution >= 4 is 5.97 Å². The second kappa shape index (κ2) is 28.1. The molecular weight excluding hydrogens is 431 g/mol. The van der Waals surface area contributed by atoms with Crippen LogP contribution in [0.1, 0.15) is 13.3 Å². The highest BCUT2D eigenvalue weighted by Crippen LogP contribution is 1.89. The number of carbonyl (C=O) groups is 1. The van der Waals surface area contributed by atoms with Crippen molar-refractivity contribution in [3.63, 3.8) is 0 Å². The molecular formula is C21H41FO10. The molecule has 10 nitrogen and oxygen atoms in total. The molecule has 0 saturated carbocycles. The predicted octanol–water partition coefficient (Wildman–Crippen LogP) is 1.04. The first kappa shape index (κ1) is 31.1. The third kappa shape index (κ3) is 27.1. The first-order chi connectivity index (χ1) is 15.8. The van der Waals surface area contributed by atoms with Crippen molar-refractivity contribution in [2.75, 3.05) is 119 Å². The van der Waals surface area contributed by atoms with E-state index in [4.69, 9.17) is 42.6 Å². The average molecular weight is 473 g/mol. The number of ether oxygens (including phenoxy) is 9. The number of carbonyl (C=O) groups excluding carboxylic acids is 1. The summed E-state index contributed by atoms with van der Waals surface area (Å²) in [5.41, 5.74) is 0. The molecule has 0 aromatic rings. The predicted molar refractivity (Wildman–Crippen MR) is 114 cm³/mol. The van der Waals surface area contributed by atoms with Gasteiger partial charge in [-0.05, 0) is 6.92 Å². The van der Waals surface area contributed by atoms with E-state index in [1.165, 1.54) is 0 Å². The van der Waals surface area contributed by atoms with Crippen LogP contribution in [-0.2, 0) is 47.4 Å². The molecule has 0 aliphatic rings. The summed E-state index contributed by atoms with van der Waals surface area (Å²) in [6.45, 7) is 8.68. The summed E-state index contributed by atoms with van der Waals surface area (Å²) in [7, 11) is 0. The largest absolute Gasteiger partial charge is 0.466 e. The summed E-state index contributed by atoms with van der Waals surface area (Å²) >= 11 is 0. The number of alkyl halides is 1. The molecule has 0 saturated heterocycles. The molecule has 0 aromatic carbocycles. The Bertz CT molecular complexity index is 376. The standard InChI is InChI=1S/C21H41FO10/c1-2-32-21(23)3-5-24-7-9-26-11-13-28-15-17-30-19-20-31-18-16-29-14-12-27-10-8-25-6-4-22/h2-20H2,1H3. The van der Waals surface area contributed by atoms with Gasteiger partial charge in [-0.3, -0.25) is 4.79 Å². The minimum Gasteiger partial charge on any atom is -0.466 e. The van der Waals surface area contributed by atoms with Crippen molar-refractivity contribution in [1.82, 2.24) is 0 Å². The number of hydrogen-bond donors (Lipinski definition) is 0. The van der Waals surface area contributed by atoms with Crippen LogP contribution in [0.3, 0.4) is 0 Å². The average Bonchev–Trinajstić information content (AvgIpc) is 2.79. The first-order valence-corrected chi connectivity index (χ1v) is 11.1. The van der Waals surface area contributed by atoms with Gasteiger partial charge in [0.25, 0.3) is 0 Å². The van der Waals surface area contributed by atoms with Gasteiger partial charge in [0.15, 0.2) is 0 Å². The highest BCUT2D eigenvalue weighted by molar-refractivity contribution is 5.69. The van der Waals surface area contributed by atoms with E-state index in [1.54, 1.807) is 6.92 Å². The Morgan fingerprint density at radius 3 is 1.06 bits per heavy atom. The summed E-state index contributed by atoms with van der Waals surface area (Å²) in [5.74, 6) is -0.252. The highest BCUT2D eigenvalue weighted by Gasteiger charge is 2.00. The second-order valence-electron chi connectivity index (χ2n) is 6.14. The maximum absolute atomic E-state index is 11.8. The third-order valence-corrected chi connectivity index (χ3v) is 3.58. The van der Waals surface area contributed by atoms with Crippen LogP contribution in [0, 0.1) is 0 Å². The van der Waals surface area contributed by atoms with Gasteiger partial charge in [-0.25, -0.2) is 4.39 Å². The maximum Gasteiger partial charge on any atom is 0.308 e. The zero-order valence-electron chi connectivity index (χ0n) is 19.4. The van der Waals surface area contributed by atoms with Gasteiger partial charge >= 0.3 is 5.97 Å². The summed E-state index contributed by atoms with van der Waals surface area (Å²) in [6, 6.07) is 0. The van der Waals surface area contributed by atoms with Crippen LogP contribution in [0.2, 0.25) is 0 Å². The van der Waals surface area contributed by atoms with Crippen LogP contribution in [-0.4, -0.2) is 125 Å². The molecule has 192 valence electrons. The van der Waals surface area contributed by atoms with Crippen LogP contribution < -0.4 is 0 Å². The van der Waals surface area contributed by atoms with E-state index in [-0.39, 0.29) is 19.0 Å². The molecule has 0 rings (SSSR count). The summed E-state index contributed by atoms with van der Waals surface area (Å²) < 4.78 is 58.9. The van der Waals surface area contributed by atoms with Gasteiger partial charge in [0.05, 0.1) is 119 Å². The molecule has 0 spiro atoms. The number of halogens is 1. The van der Waals surface area contributed by atoms with Gasteiger partial charge in [0.1, 0.15) is 6.67 Å². The van der Waals surface area contributed by atoms with Crippen molar-refractivity contribution in [3.05, 3.63) is 0 Å². The van der Waals surface area contributed by atoms with E-state index in [1.807, 2.05) is 0 Å². The summed E-state index contributed by atoms with van der Waals surface area (Å²) in [4.78, 5) is 11.1. The Morgan fingerprint density at radius 2 is 0.781 bits per heavy atom. The lowest BCUT2D eigenvalue weighted by Crippen LogP contribution is -2.15. The van der Waals surface area contributed by atoms with E-state index >= 15 is 0 Å². The lowest BCUT2D eigenvalue weighted by molar-refractivity contribution is -0.144. The van der Waals surface area contributed by atoms with Crippen molar-refractivity contribution in [2.45, 2.75) is 13.3 Å². The van der Waals surface area contributed by atoms with Crippen molar-refractivity contribution in [2.24, 2.45) is 0 Å². The maximum atomic E-state index is 11.8. The highest BCUT2D eigenvalue weighted by atomic mass is 19.1. The molecule has 0 atom stereocenters. The minimum absolute atomic E-state index is 0.113. The van der Waals surface area contributed by atoms with Crippen molar-refractivity contribution in [1.29, 1.82) is 0 Å². The minimum atomic E-state index is -0.475. The topological polar surface area (TPSA) is 100 Å². The monoisotopic (exact) mass is 472 g/mol. The van der Waals surface area contributed by atoms with Gasteiger partial charge in [-0.15, -0.1) is 0 Å². The normalized spacial score (nSPS) is 11.2. The van der Waals surface area contributed by atoms with Crippen LogP contribution in [0.5, 0.6) is 0 Å². The zero-order valence-corrected chi connectivity index (χ0v) is 19.4. The fourth-order valence-electron chi connectivity index (χ4n) is 2.08. The second-order valence-corrected chi connectivity index (χ2v) is 6.14. The van der Waals surface area contributed by atoms with Gasteiger partial charge in [-0.1, -0.05) is 0 Å². The fourth-order valence-corrected chi connectivity index (χ4v) is 2.08. The number of rotatable bonds is 27. The van der Waals surface area contributed by atoms with E-state index in [2.05, 4.69) is 0 Å². The molecule has 0 fully saturated rings. The third-order valence-electron chi connectivity index (χ3n) is 3.58. The van der Waals surface area contributed by atoms with Gasteiger partial charge in [-0.2, -0.15) is 0 Å². The van der Waals surface area contributed by atoms with Gasteiger partial charge in [0.2, 0.25) is 0 Å².